The Kier molecular flexibility index (Phi) is 3.83. The average Bonchev–Trinajstić information content (AvgIpc) is 2.56. The third kappa shape index (κ3) is 2.55. The molecule has 0 aliphatic rings. The molecule has 0 fully saturated rings. The molecule has 1 unspecified atom stereocenters. The van der Waals surface area contributed by atoms with Crippen LogP contribution in [0.1, 0.15) is 29.7 Å². The number of aromatic amines is 1. The lowest BCUT2D eigenvalue weighted by Crippen LogP contribution is -2.14. The summed E-state index contributed by atoms with van der Waals surface area (Å²) >= 11 is 0. The summed E-state index contributed by atoms with van der Waals surface area (Å²) < 4.78 is 0. The number of aromatic nitrogens is 2. The molecular weight excluding hydrogens is 276 g/mol. The third-order valence-electron chi connectivity index (χ3n) is 3.78. The number of hydrogen-bond donors (Lipinski definition) is 1. The average molecular weight is 292 g/mol. The Bertz CT molecular complexity index is 869. The topological polar surface area (TPSA) is 62.8 Å². The number of aryl methyl sites for hydroxylation is 1. The second kappa shape index (κ2) is 5.93. The van der Waals surface area contributed by atoms with E-state index in [9.17, 15) is 9.59 Å². The van der Waals surface area contributed by atoms with Gasteiger partial charge in [0.05, 0.1) is 17.0 Å². The maximum Gasteiger partial charge on any atom is 0.270 e. The molecule has 0 bridgehead atoms. The number of carbonyl (C=O) groups is 1. The van der Waals surface area contributed by atoms with E-state index >= 15 is 0 Å². The molecule has 0 saturated carbocycles. The molecule has 1 N–H and O–H groups in total. The van der Waals surface area contributed by atoms with Crippen LogP contribution in [-0.4, -0.2) is 16.3 Å². The van der Waals surface area contributed by atoms with Crippen molar-refractivity contribution < 1.29 is 4.79 Å². The van der Waals surface area contributed by atoms with Gasteiger partial charge in [0.15, 0.2) is 0 Å². The number of hydrogen-bond acceptors (Lipinski definition) is 3. The van der Waals surface area contributed by atoms with Gasteiger partial charge >= 0.3 is 0 Å². The van der Waals surface area contributed by atoms with Gasteiger partial charge in [0, 0.05) is 0 Å². The second-order valence-corrected chi connectivity index (χ2v) is 5.17. The summed E-state index contributed by atoms with van der Waals surface area (Å²) in [6.45, 7) is 1.90. The van der Waals surface area contributed by atoms with Crippen LogP contribution in [0.3, 0.4) is 0 Å². The SMILES string of the molecule is CCc1nc2ccc(C(C=O)c3ccccc3)cc2[nH]c1=O. The monoisotopic (exact) mass is 292 g/mol. The lowest BCUT2D eigenvalue weighted by Gasteiger charge is -2.12. The van der Waals surface area contributed by atoms with E-state index in [1.54, 1.807) is 0 Å². The first-order valence-electron chi connectivity index (χ1n) is 7.26. The highest BCUT2D eigenvalue weighted by molar-refractivity contribution is 5.78. The van der Waals surface area contributed by atoms with Gasteiger partial charge in [-0.1, -0.05) is 43.3 Å². The molecule has 4 nitrogen and oxygen atoms in total. The minimum absolute atomic E-state index is 0.172. The molecule has 0 radical (unpaired) electrons. The van der Waals surface area contributed by atoms with Crippen molar-refractivity contribution in [2.75, 3.05) is 0 Å². The van der Waals surface area contributed by atoms with Crippen molar-refractivity contribution in [3.63, 3.8) is 0 Å². The van der Waals surface area contributed by atoms with Gasteiger partial charge in [0.1, 0.15) is 12.0 Å². The van der Waals surface area contributed by atoms with Gasteiger partial charge in [-0.25, -0.2) is 4.98 Å². The van der Waals surface area contributed by atoms with Gasteiger partial charge < -0.3 is 9.78 Å². The fraction of sp³-hybridized carbons (Fsp3) is 0.167. The smallest absolute Gasteiger partial charge is 0.270 e. The van der Waals surface area contributed by atoms with Gasteiger partial charge in [0.25, 0.3) is 5.56 Å². The maximum atomic E-state index is 11.9. The fourth-order valence-electron chi connectivity index (χ4n) is 2.58. The summed E-state index contributed by atoms with van der Waals surface area (Å²) in [7, 11) is 0. The van der Waals surface area contributed by atoms with Crippen molar-refractivity contribution in [1.82, 2.24) is 9.97 Å². The Morgan fingerprint density at radius 1 is 1.14 bits per heavy atom. The molecule has 2 aromatic carbocycles. The van der Waals surface area contributed by atoms with Crippen LogP contribution in [-0.2, 0) is 11.2 Å². The number of fused-ring (bicyclic) bond motifs is 1. The highest BCUT2D eigenvalue weighted by Crippen LogP contribution is 2.24. The number of nitrogens with one attached hydrogen (secondary N) is 1. The van der Waals surface area contributed by atoms with Crippen LogP contribution in [0.25, 0.3) is 11.0 Å². The van der Waals surface area contributed by atoms with Crippen LogP contribution < -0.4 is 5.56 Å². The predicted molar refractivity (Wildman–Crippen MR) is 86.1 cm³/mol. The van der Waals surface area contributed by atoms with E-state index in [4.69, 9.17) is 0 Å². The third-order valence-corrected chi connectivity index (χ3v) is 3.78. The van der Waals surface area contributed by atoms with Gasteiger partial charge in [0.2, 0.25) is 0 Å². The molecule has 3 aromatic rings. The number of aldehydes is 1. The van der Waals surface area contributed by atoms with Crippen LogP contribution in [0.4, 0.5) is 0 Å². The van der Waals surface area contributed by atoms with Crippen LogP contribution in [0, 0.1) is 0 Å². The molecule has 1 atom stereocenters. The van der Waals surface area contributed by atoms with Gasteiger partial charge in [-0.2, -0.15) is 0 Å². The Morgan fingerprint density at radius 3 is 2.59 bits per heavy atom. The van der Waals surface area contributed by atoms with Crippen molar-refractivity contribution in [2.45, 2.75) is 19.3 Å². The molecule has 0 saturated heterocycles. The Hall–Kier alpha value is -2.75. The summed E-state index contributed by atoms with van der Waals surface area (Å²) in [5.41, 5.74) is 3.51. The zero-order valence-electron chi connectivity index (χ0n) is 12.2. The van der Waals surface area contributed by atoms with E-state index < -0.39 is 0 Å². The van der Waals surface area contributed by atoms with Crippen LogP contribution in [0.15, 0.2) is 53.3 Å². The van der Waals surface area contributed by atoms with Crippen molar-refractivity contribution in [3.8, 4) is 0 Å². The molecule has 3 rings (SSSR count). The summed E-state index contributed by atoms with van der Waals surface area (Å²) in [5.74, 6) is -0.347. The zero-order valence-corrected chi connectivity index (χ0v) is 12.2. The first-order chi connectivity index (χ1) is 10.7. The van der Waals surface area contributed by atoms with Crippen molar-refractivity contribution >= 4 is 17.3 Å². The minimum Gasteiger partial charge on any atom is -0.319 e. The lowest BCUT2D eigenvalue weighted by molar-refractivity contribution is -0.108. The predicted octanol–water partition coefficient (Wildman–Crippen LogP) is 2.82. The zero-order chi connectivity index (χ0) is 15.5. The molecule has 4 heteroatoms. The highest BCUT2D eigenvalue weighted by Gasteiger charge is 2.14. The van der Waals surface area contributed by atoms with E-state index in [1.165, 1.54) is 0 Å². The molecule has 22 heavy (non-hydrogen) atoms. The largest absolute Gasteiger partial charge is 0.319 e. The molecule has 1 heterocycles. The second-order valence-electron chi connectivity index (χ2n) is 5.17. The summed E-state index contributed by atoms with van der Waals surface area (Å²) in [6.07, 6.45) is 1.51. The van der Waals surface area contributed by atoms with Crippen molar-refractivity contribution in [2.24, 2.45) is 0 Å². The number of nitrogens with zero attached hydrogens (tertiary/aromatic N) is 1. The summed E-state index contributed by atoms with van der Waals surface area (Å²) in [6, 6.07) is 15.1. The standard InChI is InChI=1S/C18H16N2O2/c1-2-15-18(22)20-17-10-13(8-9-16(17)19-15)14(11-21)12-6-4-3-5-7-12/h3-11,14H,2H2,1H3,(H,20,22). The quantitative estimate of drug-likeness (QED) is 0.752. The van der Waals surface area contributed by atoms with Crippen LogP contribution in [0.2, 0.25) is 0 Å². The molecule has 0 aliphatic carbocycles. The minimum atomic E-state index is -0.347. The van der Waals surface area contributed by atoms with E-state index in [1.807, 2.05) is 55.5 Å². The van der Waals surface area contributed by atoms with E-state index in [2.05, 4.69) is 9.97 Å². The van der Waals surface area contributed by atoms with Crippen molar-refractivity contribution in [1.29, 1.82) is 0 Å². The normalized spacial score (nSPS) is 12.2. The van der Waals surface area contributed by atoms with Crippen molar-refractivity contribution in [3.05, 3.63) is 75.7 Å². The molecule has 110 valence electrons. The molecule has 0 spiro atoms. The van der Waals surface area contributed by atoms with E-state index in [0.717, 1.165) is 22.9 Å². The fourth-order valence-corrected chi connectivity index (χ4v) is 2.58. The van der Waals surface area contributed by atoms with Gasteiger partial charge in [-0.05, 0) is 29.7 Å². The van der Waals surface area contributed by atoms with Crippen LogP contribution in [0.5, 0.6) is 0 Å². The number of rotatable bonds is 4. The summed E-state index contributed by atoms with van der Waals surface area (Å²) in [4.78, 5) is 30.6. The Morgan fingerprint density at radius 2 is 1.91 bits per heavy atom. The molecule has 1 aromatic heterocycles. The lowest BCUT2D eigenvalue weighted by atomic mass is 9.92. The number of H-pyrrole nitrogens is 1. The van der Waals surface area contributed by atoms with Gasteiger partial charge in [-0.3, -0.25) is 4.79 Å². The number of benzene rings is 2. The highest BCUT2D eigenvalue weighted by atomic mass is 16.1. The number of carbonyl (C=O) groups excluding carboxylic acids is 1. The first kappa shape index (κ1) is 14.2. The Labute approximate surface area is 127 Å². The van der Waals surface area contributed by atoms with Gasteiger partial charge in [-0.15, -0.1) is 0 Å². The molecular formula is C18H16N2O2. The van der Waals surface area contributed by atoms with E-state index in [0.29, 0.717) is 17.6 Å². The first-order valence-corrected chi connectivity index (χ1v) is 7.26. The van der Waals surface area contributed by atoms with E-state index in [-0.39, 0.29) is 11.5 Å². The maximum absolute atomic E-state index is 11.9. The Balaban J connectivity index is 2.11. The summed E-state index contributed by atoms with van der Waals surface area (Å²) in [5, 5.41) is 0. The molecule has 0 aliphatic heterocycles. The molecule has 0 amide bonds. The van der Waals surface area contributed by atoms with Crippen LogP contribution >= 0.6 is 0 Å².